The highest BCUT2D eigenvalue weighted by atomic mass is 35.5. The number of morpholine rings is 1. The van der Waals surface area contributed by atoms with Crippen LogP contribution in [0.4, 0.5) is 4.39 Å². The minimum Gasteiger partial charge on any atom is -0.370 e. The van der Waals surface area contributed by atoms with E-state index < -0.39 is 5.82 Å². The van der Waals surface area contributed by atoms with Gasteiger partial charge in [-0.15, -0.1) is 5.10 Å². The molecule has 1 saturated heterocycles. The molecule has 0 bridgehead atoms. The van der Waals surface area contributed by atoms with Gasteiger partial charge in [-0.25, -0.2) is 9.07 Å². The van der Waals surface area contributed by atoms with Crippen molar-refractivity contribution in [3.63, 3.8) is 0 Å². The summed E-state index contributed by atoms with van der Waals surface area (Å²) in [6.07, 6.45) is 1.06. The molecule has 0 spiro atoms. The molecule has 3 rings (SSSR count). The summed E-state index contributed by atoms with van der Waals surface area (Å²) in [6, 6.07) is 4.43. The highest BCUT2D eigenvalue weighted by Gasteiger charge is 2.26. The molecule has 0 aliphatic carbocycles. The zero-order valence-electron chi connectivity index (χ0n) is 11.5. The third-order valence-corrected chi connectivity index (χ3v) is 3.71. The standard InChI is InChI=1S/C13H13ClFN5O2/c14-10-5-9(1-2-11(10)15)12-6-19(3-4-22-12)13(21)7-20-8-16-17-18-20/h1-2,5,8,12H,3-4,6-7H2. The smallest absolute Gasteiger partial charge is 0.244 e. The number of carbonyl (C=O) groups is 1. The van der Waals surface area contributed by atoms with Crippen LogP contribution in [0.2, 0.25) is 5.02 Å². The van der Waals surface area contributed by atoms with Crippen LogP contribution in [0.3, 0.4) is 0 Å². The maximum Gasteiger partial charge on any atom is 0.244 e. The summed E-state index contributed by atoms with van der Waals surface area (Å²) >= 11 is 5.79. The van der Waals surface area contributed by atoms with Crippen molar-refractivity contribution in [2.45, 2.75) is 12.6 Å². The highest BCUT2D eigenvalue weighted by Crippen LogP contribution is 2.26. The van der Waals surface area contributed by atoms with Crippen LogP contribution in [0.25, 0.3) is 0 Å². The maximum atomic E-state index is 13.2. The number of aromatic nitrogens is 4. The van der Waals surface area contributed by atoms with E-state index in [1.165, 1.54) is 23.1 Å². The first-order valence-electron chi connectivity index (χ1n) is 6.68. The van der Waals surface area contributed by atoms with Crippen LogP contribution in [-0.2, 0) is 16.1 Å². The quantitative estimate of drug-likeness (QED) is 0.844. The van der Waals surface area contributed by atoms with E-state index in [1.54, 1.807) is 11.0 Å². The molecule has 1 unspecified atom stereocenters. The first kappa shape index (κ1) is 14.9. The summed E-state index contributed by atoms with van der Waals surface area (Å²) in [7, 11) is 0. The molecule has 1 aromatic carbocycles. The second-order valence-corrected chi connectivity index (χ2v) is 5.29. The van der Waals surface area contributed by atoms with Gasteiger partial charge in [-0.2, -0.15) is 0 Å². The molecule has 0 N–H and O–H groups in total. The fourth-order valence-electron chi connectivity index (χ4n) is 2.28. The Kier molecular flexibility index (Phi) is 4.30. The summed E-state index contributed by atoms with van der Waals surface area (Å²) in [5, 5.41) is 10.7. The first-order chi connectivity index (χ1) is 10.6. The SMILES string of the molecule is O=C(Cn1cnnn1)N1CCOC(c2ccc(F)c(Cl)c2)C1. The molecule has 9 heteroatoms. The van der Waals surface area contributed by atoms with Crippen LogP contribution in [0.15, 0.2) is 24.5 Å². The van der Waals surface area contributed by atoms with Crippen molar-refractivity contribution in [1.29, 1.82) is 0 Å². The first-order valence-corrected chi connectivity index (χ1v) is 7.06. The molecule has 0 saturated carbocycles. The van der Waals surface area contributed by atoms with Gasteiger partial charge in [0.25, 0.3) is 0 Å². The van der Waals surface area contributed by atoms with Crippen molar-refractivity contribution < 1.29 is 13.9 Å². The Bertz CT molecular complexity index is 666. The van der Waals surface area contributed by atoms with Gasteiger partial charge >= 0.3 is 0 Å². The van der Waals surface area contributed by atoms with Crippen molar-refractivity contribution in [3.8, 4) is 0 Å². The molecule has 1 fully saturated rings. The number of carbonyl (C=O) groups excluding carboxylic acids is 1. The van der Waals surface area contributed by atoms with E-state index in [1.807, 2.05) is 0 Å². The summed E-state index contributed by atoms with van der Waals surface area (Å²) in [6.45, 7) is 1.35. The highest BCUT2D eigenvalue weighted by molar-refractivity contribution is 6.30. The number of nitrogens with zero attached hydrogens (tertiary/aromatic N) is 5. The van der Waals surface area contributed by atoms with Crippen LogP contribution in [0.5, 0.6) is 0 Å². The summed E-state index contributed by atoms with van der Waals surface area (Å²) < 4.78 is 20.2. The van der Waals surface area contributed by atoms with Gasteiger partial charge < -0.3 is 9.64 Å². The normalized spacial score (nSPS) is 18.5. The second kappa shape index (κ2) is 6.37. The Morgan fingerprint density at radius 3 is 3.09 bits per heavy atom. The summed E-state index contributed by atoms with van der Waals surface area (Å²) in [5.74, 6) is -0.582. The summed E-state index contributed by atoms with van der Waals surface area (Å²) in [4.78, 5) is 13.9. The second-order valence-electron chi connectivity index (χ2n) is 4.88. The zero-order valence-corrected chi connectivity index (χ0v) is 12.3. The molecule has 1 aliphatic heterocycles. The monoisotopic (exact) mass is 325 g/mol. The lowest BCUT2D eigenvalue weighted by atomic mass is 10.1. The average molecular weight is 326 g/mol. The molecule has 1 aliphatic rings. The van der Waals surface area contributed by atoms with Crippen molar-refractivity contribution in [1.82, 2.24) is 25.1 Å². The molecule has 7 nitrogen and oxygen atoms in total. The van der Waals surface area contributed by atoms with Crippen molar-refractivity contribution in [2.75, 3.05) is 19.7 Å². The third-order valence-electron chi connectivity index (χ3n) is 3.42. The Labute approximate surface area is 130 Å². The zero-order chi connectivity index (χ0) is 15.5. The van der Waals surface area contributed by atoms with Gasteiger partial charge in [0.05, 0.1) is 18.2 Å². The average Bonchev–Trinajstić information content (AvgIpc) is 3.03. The molecule has 1 amide bonds. The Morgan fingerprint density at radius 2 is 2.36 bits per heavy atom. The lowest BCUT2D eigenvalue weighted by Gasteiger charge is -2.33. The lowest BCUT2D eigenvalue weighted by Crippen LogP contribution is -2.43. The van der Waals surface area contributed by atoms with Crippen molar-refractivity contribution in [2.24, 2.45) is 0 Å². The molecule has 1 atom stereocenters. The van der Waals surface area contributed by atoms with Crippen molar-refractivity contribution >= 4 is 17.5 Å². The van der Waals surface area contributed by atoms with Gasteiger partial charge in [0.1, 0.15) is 24.8 Å². The van der Waals surface area contributed by atoms with Crippen LogP contribution in [-0.4, -0.2) is 50.7 Å². The number of hydrogen-bond donors (Lipinski definition) is 0. The van der Waals surface area contributed by atoms with E-state index in [-0.39, 0.29) is 23.6 Å². The van der Waals surface area contributed by atoms with Crippen LogP contribution in [0.1, 0.15) is 11.7 Å². The fourth-order valence-corrected chi connectivity index (χ4v) is 2.47. The Balaban J connectivity index is 1.68. The molecular weight excluding hydrogens is 313 g/mol. The van der Waals surface area contributed by atoms with Crippen LogP contribution in [0, 0.1) is 5.82 Å². The summed E-state index contributed by atoms with van der Waals surface area (Å²) in [5.41, 5.74) is 0.742. The molecule has 1 aromatic heterocycles. The van der Waals surface area contributed by atoms with Gasteiger partial charge in [0.15, 0.2) is 0 Å². The number of hydrogen-bond acceptors (Lipinski definition) is 5. The number of rotatable bonds is 3. The molecule has 2 heterocycles. The van der Waals surface area contributed by atoms with Gasteiger partial charge in [-0.1, -0.05) is 17.7 Å². The predicted molar refractivity (Wildman–Crippen MR) is 74.5 cm³/mol. The molecule has 0 radical (unpaired) electrons. The minimum atomic E-state index is -0.479. The van der Waals surface area contributed by atoms with E-state index in [2.05, 4.69) is 15.5 Å². The fraction of sp³-hybridized carbons (Fsp3) is 0.385. The van der Waals surface area contributed by atoms with E-state index in [4.69, 9.17) is 16.3 Å². The van der Waals surface area contributed by atoms with Gasteiger partial charge in [-0.05, 0) is 28.1 Å². The predicted octanol–water partition coefficient (Wildman–Crippen LogP) is 1.07. The molecular formula is C13H13ClFN5O2. The number of ether oxygens (including phenoxy) is 1. The Morgan fingerprint density at radius 1 is 1.50 bits per heavy atom. The van der Waals surface area contributed by atoms with Gasteiger partial charge in [0.2, 0.25) is 5.91 Å². The number of benzene rings is 1. The maximum absolute atomic E-state index is 13.2. The van der Waals surface area contributed by atoms with E-state index in [0.717, 1.165) is 5.56 Å². The topological polar surface area (TPSA) is 73.1 Å². The minimum absolute atomic E-state index is 0.0400. The van der Waals surface area contributed by atoms with Gasteiger partial charge in [0, 0.05) is 6.54 Å². The van der Waals surface area contributed by atoms with Crippen LogP contribution < -0.4 is 0 Å². The largest absolute Gasteiger partial charge is 0.370 e. The van der Waals surface area contributed by atoms with Crippen molar-refractivity contribution in [3.05, 3.63) is 40.9 Å². The third kappa shape index (κ3) is 3.23. The van der Waals surface area contributed by atoms with Crippen LogP contribution >= 0.6 is 11.6 Å². The lowest BCUT2D eigenvalue weighted by molar-refractivity contribution is -0.139. The molecule has 2 aromatic rings. The Hall–Kier alpha value is -2.06. The van der Waals surface area contributed by atoms with E-state index >= 15 is 0 Å². The number of tetrazole rings is 1. The van der Waals surface area contributed by atoms with E-state index in [9.17, 15) is 9.18 Å². The van der Waals surface area contributed by atoms with E-state index in [0.29, 0.717) is 19.7 Å². The van der Waals surface area contributed by atoms with Gasteiger partial charge in [-0.3, -0.25) is 4.79 Å². The molecule has 22 heavy (non-hydrogen) atoms. The number of amides is 1. The number of halogens is 2. The molecule has 116 valence electrons.